The minimum atomic E-state index is -1.07. The standard InChI is InChI=1S/C22H25F2N3O3/c1-30-21-18-13(20(29)12(11-28)9-27(18)16-8-14(16)23)7-15(24)19(21)26-6-2-3-22(4-5-22)17(25)10-26/h7,9,11,14,16-17H,2-6,8,10,25H2,1H3/t14-,16?,17+/m0/s1. The molecule has 1 unspecified atom stereocenters. The largest absolute Gasteiger partial charge is 0.492 e. The molecule has 6 nitrogen and oxygen atoms in total. The molecule has 3 fully saturated rings. The summed E-state index contributed by atoms with van der Waals surface area (Å²) in [5.74, 6) is -0.407. The maximum absolute atomic E-state index is 15.4. The number of carbonyl (C=O) groups is 1. The van der Waals surface area contributed by atoms with Crippen LogP contribution in [-0.4, -0.2) is 43.3 Å². The lowest BCUT2D eigenvalue weighted by molar-refractivity contribution is 0.112. The van der Waals surface area contributed by atoms with Crippen LogP contribution >= 0.6 is 0 Å². The monoisotopic (exact) mass is 417 g/mol. The summed E-state index contributed by atoms with van der Waals surface area (Å²) in [6, 6.07) is 0.580. The summed E-state index contributed by atoms with van der Waals surface area (Å²) in [4.78, 5) is 26.0. The maximum Gasteiger partial charge on any atom is 0.200 e. The van der Waals surface area contributed by atoms with Crippen molar-refractivity contribution in [3.05, 3.63) is 33.9 Å². The van der Waals surface area contributed by atoms with Gasteiger partial charge in [0.2, 0.25) is 0 Å². The topological polar surface area (TPSA) is 77.6 Å². The molecule has 2 saturated carbocycles. The molecule has 5 rings (SSSR count). The number of nitrogens with two attached hydrogens (primary N) is 1. The molecule has 2 aliphatic carbocycles. The fraction of sp³-hybridized carbons (Fsp3) is 0.545. The molecule has 1 aromatic carbocycles. The van der Waals surface area contributed by atoms with Crippen molar-refractivity contribution in [3.63, 3.8) is 0 Å². The van der Waals surface area contributed by atoms with Gasteiger partial charge in [-0.2, -0.15) is 0 Å². The van der Waals surface area contributed by atoms with Gasteiger partial charge in [0.25, 0.3) is 0 Å². The van der Waals surface area contributed by atoms with Crippen LogP contribution in [0, 0.1) is 11.2 Å². The molecular formula is C22H25F2N3O3. The van der Waals surface area contributed by atoms with Crippen molar-refractivity contribution in [3.8, 4) is 5.75 Å². The van der Waals surface area contributed by atoms with Crippen molar-refractivity contribution in [1.29, 1.82) is 0 Å². The molecule has 1 aliphatic heterocycles. The van der Waals surface area contributed by atoms with E-state index in [1.54, 1.807) is 4.57 Å². The van der Waals surface area contributed by atoms with E-state index in [-0.39, 0.29) is 40.3 Å². The van der Waals surface area contributed by atoms with Crippen molar-refractivity contribution < 1.29 is 18.3 Å². The molecule has 3 atom stereocenters. The van der Waals surface area contributed by atoms with Gasteiger partial charge >= 0.3 is 0 Å². The van der Waals surface area contributed by atoms with Crippen molar-refractivity contribution >= 4 is 22.9 Å². The number of alkyl halides is 1. The van der Waals surface area contributed by atoms with Gasteiger partial charge in [-0.3, -0.25) is 9.59 Å². The molecule has 3 aliphatic rings. The summed E-state index contributed by atoms with van der Waals surface area (Å²) in [5.41, 5.74) is 6.51. The normalized spacial score (nSPS) is 27.2. The zero-order valence-electron chi connectivity index (χ0n) is 16.9. The molecule has 2 aromatic rings. The molecule has 0 radical (unpaired) electrons. The fourth-order valence-electron chi connectivity index (χ4n) is 5.05. The molecule has 0 bridgehead atoms. The number of hydrogen-bond acceptors (Lipinski definition) is 5. The summed E-state index contributed by atoms with van der Waals surface area (Å²) >= 11 is 0. The van der Waals surface area contributed by atoms with Crippen molar-refractivity contribution in [1.82, 2.24) is 4.57 Å². The summed E-state index contributed by atoms with van der Waals surface area (Å²) in [7, 11) is 1.42. The molecule has 1 aromatic heterocycles. The van der Waals surface area contributed by atoms with Gasteiger partial charge in [0.05, 0.1) is 29.6 Å². The van der Waals surface area contributed by atoms with E-state index in [2.05, 4.69) is 0 Å². The maximum atomic E-state index is 15.4. The van der Waals surface area contributed by atoms with Gasteiger partial charge in [-0.15, -0.1) is 0 Å². The Balaban J connectivity index is 1.72. The Hall–Kier alpha value is -2.48. The van der Waals surface area contributed by atoms with Gasteiger partial charge in [-0.05, 0) is 37.2 Å². The van der Waals surface area contributed by atoms with E-state index < -0.39 is 23.5 Å². The molecule has 1 spiro atoms. The number of aromatic nitrogens is 1. The van der Waals surface area contributed by atoms with Crippen LogP contribution in [0.2, 0.25) is 0 Å². The van der Waals surface area contributed by atoms with Crippen LogP contribution in [0.4, 0.5) is 14.5 Å². The fourth-order valence-corrected chi connectivity index (χ4v) is 5.05. The van der Waals surface area contributed by atoms with Gasteiger partial charge in [0.1, 0.15) is 11.9 Å². The number of methoxy groups -OCH3 is 1. The number of aldehydes is 1. The first-order valence-electron chi connectivity index (χ1n) is 10.5. The molecular weight excluding hydrogens is 392 g/mol. The Morgan fingerprint density at radius 3 is 2.67 bits per heavy atom. The number of fused-ring (bicyclic) bond motifs is 1. The van der Waals surface area contributed by atoms with E-state index in [0.29, 0.717) is 24.9 Å². The molecule has 30 heavy (non-hydrogen) atoms. The number of anilines is 1. The van der Waals surface area contributed by atoms with E-state index in [1.807, 2.05) is 4.90 Å². The lowest BCUT2D eigenvalue weighted by atomic mass is 9.93. The van der Waals surface area contributed by atoms with Crippen LogP contribution in [0.5, 0.6) is 5.75 Å². The quantitative estimate of drug-likeness (QED) is 0.774. The molecule has 2 heterocycles. The SMILES string of the molecule is COc1c(N2CCCC3(CC3)[C@H](N)C2)c(F)cc2c(=O)c(C=O)cn(C3C[C@@H]3F)c12. The number of rotatable bonds is 4. The molecule has 1 saturated heterocycles. The third kappa shape index (κ3) is 2.84. The van der Waals surface area contributed by atoms with E-state index in [4.69, 9.17) is 10.5 Å². The van der Waals surface area contributed by atoms with Crippen LogP contribution in [0.25, 0.3) is 10.9 Å². The Morgan fingerprint density at radius 2 is 2.07 bits per heavy atom. The second kappa shape index (κ2) is 6.77. The van der Waals surface area contributed by atoms with Gasteiger partial charge in [0.15, 0.2) is 23.3 Å². The van der Waals surface area contributed by atoms with Crippen molar-refractivity contribution in [2.24, 2.45) is 11.1 Å². The summed E-state index contributed by atoms with van der Waals surface area (Å²) < 4.78 is 36.5. The molecule has 0 amide bonds. The Labute approximate surface area is 172 Å². The van der Waals surface area contributed by atoms with Crippen LogP contribution in [0.3, 0.4) is 0 Å². The van der Waals surface area contributed by atoms with E-state index in [1.165, 1.54) is 13.3 Å². The van der Waals surface area contributed by atoms with E-state index >= 15 is 4.39 Å². The highest BCUT2D eigenvalue weighted by Crippen LogP contribution is 2.54. The minimum Gasteiger partial charge on any atom is -0.492 e. The highest BCUT2D eigenvalue weighted by Gasteiger charge is 2.49. The highest BCUT2D eigenvalue weighted by atomic mass is 19.1. The Kier molecular flexibility index (Phi) is 4.39. The van der Waals surface area contributed by atoms with Crippen LogP contribution < -0.4 is 20.8 Å². The van der Waals surface area contributed by atoms with Gasteiger partial charge in [-0.1, -0.05) is 0 Å². The average molecular weight is 417 g/mol. The van der Waals surface area contributed by atoms with Gasteiger partial charge in [-0.25, -0.2) is 8.78 Å². The first kappa shape index (κ1) is 19.5. The first-order chi connectivity index (χ1) is 14.4. The van der Waals surface area contributed by atoms with Crippen LogP contribution in [0.1, 0.15) is 48.5 Å². The third-order valence-corrected chi connectivity index (χ3v) is 7.11. The predicted octanol–water partition coefficient (Wildman–Crippen LogP) is 2.95. The summed E-state index contributed by atoms with van der Waals surface area (Å²) in [6.07, 6.45) is 5.11. The van der Waals surface area contributed by atoms with Crippen LogP contribution in [-0.2, 0) is 0 Å². The Bertz CT molecular complexity index is 1100. The second-order valence-electron chi connectivity index (χ2n) is 8.91. The minimum absolute atomic E-state index is 0.0228. The zero-order valence-corrected chi connectivity index (χ0v) is 16.9. The van der Waals surface area contributed by atoms with Crippen molar-refractivity contribution in [2.75, 3.05) is 25.1 Å². The lowest BCUT2D eigenvalue weighted by Gasteiger charge is -2.29. The number of halogens is 2. The first-order valence-corrected chi connectivity index (χ1v) is 10.5. The summed E-state index contributed by atoms with van der Waals surface area (Å²) in [6.45, 7) is 1.12. The van der Waals surface area contributed by atoms with Gasteiger partial charge < -0.3 is 19.9 Å². The number of benzene rings is 1. The summed E-state index contributed by atoms with van der Waals surface area (Å²) in [5, 5.41) is 0.0228. The molecule has 160 valence electrons. The lowest BCUT2D eigenvalue weighted by Crippen LogP contribution is -2.41. The number of nitrogens with zero attached hydrogens (tertiary/aromatic N) is 2. The Morgan fingerprint density at radius 1 is 1.33 bits per heavy atom. The number of ether oxygens (including phenoxy) is 1. The zero-order chi connectivity index (χ0) is 21.2. The molecule has 8 heteroatoms. The van der Waals surface area contributed by atoms with E-state index in [0.717, 1.165) is 31.7 Å². The number of hydrogen-bond donors (Lipinski definition) is 1. The second-order valence-corrected chi connectivity index (χ2v) is 8.91. The van der Waals surface area contributed by atoms with Crippen LogP contribution in [0.15, 0.2) is 17.1 Å². The smallest absolute Gasteiger partial charge is 0.200 e. The number of pyridine rings is 1. The average Bonchev–Trinajstić information content (AvgIpc) is 3.64. The third-order valence-electron chi connectivity index (χ3n) is 7.11. The predicted molar refractivity (Wildman–Crippen MR) is 110 cm³/mol. The highest BCUT2D eigenvalue weighted by molar-refractivity contribution is 5.94. The van der Waals surface area contributed by atoms with Gasteiger partial charge in [0, 0.05) is 31.7 Å². The number of carbonyl (C=O) groups excluding carboxylic acids is 1. The molecule has 2 N–H and O–H groups in total. The van der Waals surface area contributed by atoms with E-state index in [9.17, 15) is 14.0 Å². The van der Waals surface area contributed by atoms with Crippen molar-refractivity contribution in [2.45, 2.75) is 50.4 Å².